The molecule has 0 aromatic heterocycles. The molecular weight excluding hydrogens is 312 g/mol. The summed E-state index contributed by atoms with van der Waals surface area (Å²) in [5.74, 6) is 0.437. The second-order valence-corrected chi connectivity index (χ2v) is 8.94. The first-order valence-electron chi connectivity index (χ1n) is 8.64. The van der Waals surface area contributed by atoms with Crippen molar-refractivity contribution in [2.75, 3.05) is 0 Å². The van der Waals surface area contributed by atoms with Gasteiger partial charge in [0.1, 0.15) is 0 Å². The Kier molecular flexibility index (Phi) is 6.28. The van der Waals surface area contributed by atoms with Crippen molar-refractivity contribution in [1.29, 1.82) is 0 Å². The molecule has 0 aliphatic rings. The highest BCUT2D eigenvalue weighted by molar-refractivity contribution is 8.13. The topological polar surface area (TPSA) is 17.1 Å². The van der Waals surface area contributed by atoms with Crippen LogP contribution in [0, 0.1) is 17.3 Å². The van der Waals surface area contributed by atoms with Gasteiger partial charge >= 0.3 is 0 Å². The van der Waals surface area contributed by atoms with E-state index in [1.165, 1.54) is 11.8 Å². The molecule has 0 radical (unpaired) electrons. The summed E-state index contributed by atoms with van der Waals surface area (Å²) in [5.41, 5.74) is 2.45. The normalized spacial score (nSPS) is 13.1. The highest BCUT2D eigenvalue weighted by Crippen LogP contribution is 2.37. The number of thioether (sulfide) groups is 1. The van der Waals surface area contributed by atoms with Gasteiger partial charge in [-0.15, -0.1) is 0 Å². The van der Waals surface area contributed by atoms with E-state index in [1.807, 2.05) is 30.3 Å². The molecule has 24 heavy (non-hydrogen) atoms. The van der Waals surface area contributed by atoms with Crippen molar-refractivity contribution in [3.63, 3.8) is 0 Å². The SMILES string of the molecule is CC(C)C(CC(C)(C)C)C(=O)Sc1ccccc1-c1ccccc1. The lowest BCUT2D eigenvalue weighted by atomic mass is 9.80. The minimum absolute atomic E-state index is 0.0822. The Hall–Kier alpha value is -1.54. The van der Waals surface area contributed by atoms with Crippen LogP contribution in [0.5, 0.6) is 0 Å². The van der Waals surface area contributed by atoms with Crippen molar-refractivity contribution >= 4 is 16.9 Å². The summed E-state index contributed by atoms with van der Waals surface area (Å²) in [5, 5.41) is 0.281. The van der Waals surface area contributed by atoms with Gasteiger partial charge in [0.15, 0.2) is 5.12 Å². The first-order valence-corrected chi connectivity index (χ1v) is 9.46. The predicted octanol–water partition coefficient (Wildman–Crippen LogP) is 6.68. The molecule has 0 fully saturated rings. The molecule has 128 valence electrons. The quantitative estimate of drug-likeness (QED) is 0.565. The Morgan fingerprint density at radius 3 is 2.12 bits per heavy atom. The molecule has 1 atom stereocenters. The van der Waals surface area contributed by atoms with E-state index in [0.29, 0.717) is 5.92 Å². The summed E-state index contributed by atoms with van der Waals surface area (Å²) in [6, 6.07) is 18.5. The average molecular weight is 341 g/mol. The van der Waals surface area contributed by atoms with E-state index in [-0.39, 0.29) is 16.4 Å². The summed E-state index contributed by atoms with van der Waals surface area (Å²) in [6.07, 6.45) is 0.921. The first-order chi connectivity index (χ1) is 11.3. The summed E-state index contributed by atoms with van der Waals surface area (Å²) in [7, 11) is 0. The van der Waals surface area contributed by atoms with Crippen LogP contribution in [0.2, 0.25) is 0 Å². The van der Waals surface area contributed by atoms with Gasteiger partial charge in [0.05, 0.1) is 0 Å². The number of hydrogen-bond donors (Lipinski definition) is 0. The maximum absolute atomic E-state index is 13.0. The zero-order valence-corrected chi connectivity index (χ0v) is 16.2. The molecule has 0 saturated heterocycles. The van der Waals surface area contributed by atoms with E-state index in [1.54, 1.807) is 0 Å². The van der Waals surface area contributed by atoms with Gasteiger partial charge in [0.2, 0.25) is 0 Å². The van der Waals surface area contributed by atoms with Gasteiger partial charge < -0.3 is 0 Å². The van der Waals surface area contributed by atoms with Crippen molar-refractivity contribution in [2.24, 2.45) is 17.3 Å². The summed E-state index contributed by atoms with van der Waals surface area (Å²) >= 11 is 1.40. The molecule has 0 heterocycles. The number of carbonyl (C=O) groups is 1. The molecule has 0 aliphatic heterocycles. The van der Waals surface area contributed by atoms with Gasteiger partial charge in [0.25, 0.3) is 0 Å². The van der Waals surface area contributed by atoms with Crippen LogP contribution in [0.3, 0.4) is 0 Å². The molecule has 1 unspecified atom stereocenters. The Morgan fingerprint density at radius 2 is 1.54 bits per heavy atom. The molecule has 0 spiro atoms. The van der Waals surface area contributed by atoms with Crippen LogP contribution in [0.4, 0.5) is 0 Å². The standard InChI is InChI=1S/C22H28OS/c1-16(2)19(15-22(3,4)5)21(23)24-20-14-10-9-13-18(20)17-11-7-6-8-12-17/h6-14,16,19H,15H2,1-5H3. The minimum atomic E-state index is 0.0822. The Bertz CT molecular complexity index is 668. The molecule has 2 aromatic carbocycles. The van der Waals surface area contributed by atoms with E-state index in [9.17, 15) is 4.79 Å². The van der Waals surface area contributed by atoms with Gasteiger partial charge in [-0.1, -0.05) is 94.9 Å². The second kappa shape index (κ2) is 8.02. The van der Waals surface area contributed by atoms with Gasteiger partial charge in [-0.3, -0.25) is 4.79 Å². The monoisotopic (exact) mass is 340 g/mol. The van der Waals surface area contributed by atoms with Crippen molar-refractivity contribution in [3.05, 3.63) is 54.6 Å². The fourth-order valence-corrected chi connectivity index (χ4v) is 4.01. The molecular formula is C22H28OS. The highest BCUT2D eigenvalue weighted by Gasteiger charge is 2.28. The predicted molar refractivity (Wildman–Crippen MR) is 105 cm³/mol. The summed E-state index contributed by atoms with van der Waals surface area (Å²) in [6.45, 7) is 10.9. The van der Waals surface area contributed by atoms with Crippen LogP contribution < -0.4 is 0 Å². The third kappa shape index (κ3) is 5.24. The average Bonchev–Trinajstić information content (AvgIpc) is 2.53. The van der Waals surface area contributed by atoms with Crippen LogP contribution in [0.1, 0.15) is 41.0 Å². The second-order valence-electron chi connectivity index (χ2n) is 7.90. The van der Waals surface area contributed by atoms with Crippen molar-refractivity contribution in [2.45, 2.75) is 45.9 Å². The van der Waals surface area contributed by atoms with E-state index >= 15 is 0 Å². The molecule has 0 N–H and O–H groups in total. The third-order valence-corrected chi connectivity index (χ3v) is 5.20. The van der Waals surface area contributed by atoms with Crippen molar-refractivity contribution < 1.29 is 4.79 Å². The zero-order chi connectivity index (χ0) is 17.7. The number of benzene rings is 2. The Labute approximate surface area is 150 Å². The third-order valence-electron chi connectivity index (χ3n) is 4.12. The number of carbonyl (C=O) groups excluding carboxylic acids is 1. The smallest absolute Gasteiger partial charge is 0.197 e. The van der Waals surface area contributed by atoms with Gasteiger partial charge in [-0.2, -0.15) is 0 Å². The highest BCUT2D eigenvalue weighted by atomic mass is 32.2. The summed E-state index contributed by atoms with van der Waals surface area (Å²) in [4.78, 5) is 14.0. The van der Waals surface area contributed by atoms with Gasteiger partial charge in [-0.05, 0) is 34.9 Å². The molecule has 2 heteroatoms. The number of hydrogen-bond acceptors (Lipinski definition) is 2. The molecule has 0 aliphatic carbocycles. The molecule has 0 amide bonds. The number of rotatable bonds is 5. The van der Waals surface area contributed by atoms with Crippen LogP contribution in [-0.4, -0.2) is 5.12 Å². The zero-order valence-electron chi connectivity index (χ0n) is 15.4. The van der Waals surface area contributed by atoms with Crippen LogP contribution in [0.25, 0.3) is 11.1 Å². The van der Waals surface area contributed by atoms with Crippen LogP contribution in [-0.2, 0) is 4.79 Å². The Morgan fingerprint density at radius 1 is 0.958 bits per heavy atom. The molecule has 0 bridgehead atoms. The largest absolute Gasteiger partial charge is 0.287 e. The minimum Gasteiger partial charge on any atom is -0.287 e. The van der Waals surface area contributed by atoms with Crippen LogP contribution in [0.15, 0.2) is 59.5 Å². The lowest BCUT2D eigenvalue weighted by molar-refractivity contribution is -0.116. The molecule has 2 rings (SSSR count). The van der Waals surface area contributed by atoms with Crippen LogP contribution >= 0.6 is 11.8 Å². The fraction of sp³-hybridized carbons (Fsp3) is 0.409. The lowest BCUT2D eigenvalue weighted by Crippen LogP contribution is -2.23. The van der Waals surface area contributed by atoms with Crippen molar-refractivity contribution in [3.8, 4) is 11.1 Å². The Balaban J connectivity index is 2.26. The van der Waals surface area contributed by atoms with E-state index < -0.39 is 0 Å². The lowest BCUT2D eigenvalue weighted by Gasteiger charge is -2.27. The molecule has 2 aromatic rings. The van der Waals surface area contributed by atoms with E-state index in [0.717, 1.165) is 22.4 Å². The van der Waals surface area contributed by atoms with E-state index in [4.69, 9.17) is 0 Å². The van der Waals surface area contributed by atoms with Gasteiger partial charge in [-0.25, -0.2) is 0 Å². The summed E-state index contributed by atoms with van der Waals surface area (Å²) < 4.78 is 0. The molecule has 1 nitrogen and oxygen atoms in total. The fourth-order valence-electron chi connectivity index (χ4n) is 2.85. The van der Waals surface area contributed by atoms with E-state index in [2.05, 4.69) is 58.9 Å². The van der Waals surface area contributed by atoms with Gasteiger partial charge in [0, 0.05) is 10.8 Å². The maximum Gasteiger partial charge on any atom is 0.197 e. The van der Waals surface area contributed by atoms with Crippen molar-refractivity contribution in [1.82, 2.24) is 0 Å². The first kappa shape index (κ1) is 18.8. The molecule has 0 saturated carbocycles. The maximum atomic E-state index is 13.0.